The van der Waals surface area contributed by atoms with E-state index in [4.69, 9.17) is 15.2 Å². The molecule has 0 radical (unpaired) electrons. The average Bonchev–Trinajstić information content (AvgIpc) is 2.89. The van der Waals surface area contributed by atoms with E-state index in [0.29, 0.717) is 20.9 Å². The summed E-state index contributed by atoms with van der Waals surface area (Å²) in [6.45, 7) is 3.71. The fourth-order valence-corrected chi connectivity index (χ4v) is 4.05. The maximum absolute atomic E-state index is 13.7. The largest absolute Gasteiger partial charge is 0.462 e. The van der Waals surface area contributed by atoms with Crippen molar-refractivity contribution in [3.05, 3.63) is 62.4 Å². The molecule has 1 aliphatic heterocycles. The lowest BCUT2D eigenvalue weighted by atomic mass is 9.88. The first-order valence-corrected chi connectivity index (χ1v) is 8.43. The molecule has 5 nitrogen and oxygen atoms in total. The van der Waals surface area contributed by atoms with Gasteiger partial charge in [0.1, 0.15) is 23.0 Å². The standard InChI is InChI=1S/C18H15FN2O3S/c1-3-23-18(22)13-9(2)25-16-14(10-5-4-6-11(19)7-10)12(8-20)17(21)24-15(13)16/h4-7,14H,3,21H2,1-2H3/t14-/m0/s1. The number of hydrogen-bond acceptors (Lipinski definition) is 6. The van der Waals surface area contributed by atoms with E-state index in [-0.39, 0.29) is 23.8 Å². The van der Waals surface area contributed by atoms with Gasteiger partial charge in [0.2, 0.25) is 5.88 Å². The molecule has 0 amide bonds. The van der Waals surface area contributed by atoms with Crippen LogP contribution in [-0.2, 0) is 4.74 Å². The average molecular weight is 358 g/mol. The number of rotatable bonds is 3. The summed E-state index contributed by atoms with van der Waals surface area (Å²) in [4.78, 5) is 13.6. The van der Waals surface area contributed by atoms with Crippen LogP contribution >= 0.6 is 11.3 Å². The Morgan fingerprint density at radius 1 is 1.52 bits per heavy atom. The van der Waals surface area contributed by atoms with Gasteiger partial charge in [-0.15, -0.1) is 11.3 Å². The molecule has 1 aromatic carbocycles. The number of nitrogens with two attached hydrogens (primary N) is 1. The van der Waals surface area contributed by atoms with E-state index in [0.717, 1.165) is 0 Å². The van der Waals surface area contributed by atoms with E-state index in [2.05, 4.69) is 0 Å². The Balaban J connectivity index is 2.22. The van der Waals surface area contributed by atoms with Crippen LogP contribution in [0.5, 0.6) is 5.75 Å². The number of allylic oxidation sites excluding steroid dienone is 1. The van der Waals surface area contributed by atoms with Crippen LogP contribution < -0.4 is 10.5 Å². The van der Waals surface area contributed by atoms with Gasteiger partial charge < -0.3 is 15.2 Å². The molecule has 3 rings (SSSR count). The van der Waals surface area contributed by atoms with E-state index in [9.17, 15) is 14.4 Å². The lowest BCUT2D eigenvalue weighted by molar-refractivity contribution is 0.0522. The molecule has 0 saturated heterocycles. The van der Waals surface area contributed by atoms with Crippen molar-refractivity contribution < 1.29 is 18.7 Å². The maximum Gasteiger partial charge on any atom is 0.343 e. The van der Waals surface area contributed by atoms with Crippen molar-refractivity contribution in [3.63, 3.8) is 0 Å². The smallest absolute Gasteiger partial charge is 0.343 e. The van der Waals surface area contributed by atoms with Gasteiger partial charge in [0.15, 0.2) is 5.75 Å². The molecule has 0 fully saturated rings. The van der Waals surface area contributed by atoms with Crippen molar-refractivity contribution in [1.82, 2.24) is 0 Å². The summed E-state index contributed by atoms with van der Waals surface area (Å²) in [6, 6.07) is 8.00. The zero-order chi connectivity index (χ0) is 18.1. The molecule has 2 N–H and O–H groups in total. The molecular weight excluding hydrogens is 343 g/mol. The van der Waals surface area contributed by atoms with Gasteiger partial charge in [-0.2, -0.15) is 5.26 Å². The first-order valence-electron chi connectivity index (χ1n) is 7.61. The third-order valence-electron chi connectivity index (χ3n) is 3.88. The number of fused-ring (bicyclic) bond motifs is 1. The van der Waals surface area contributed by atoms with Gasteiger partial charge in [-0.1, -0.05) is 12.1 Å². The second-order valence-electron chi connectivity index (χ2n) is 5.43. The van der Waals surface area contributed by atoms with Crippen LogP contribution in [0.1, 0.15) is 38.5 Å². The molecule has 0 unspecified atom stereocenters. The third kappa shape index (κ3) is 2.85. The first-order chi connectivity index (χ1) is 12.0. The Kier molecular flexibility index (Phi) is 4.47. The number of thiophene rings is 1. The molecule has 128 valence electrons. The normalized spacial score (nSPS) is 16.0. The predicted molar refractivity (Wildman–Crippen MR) is 90.7 cm³/mol. The molecule has 1 aliphatic rings. The zero-order valence-electron chi connectivity index (χ0n) is 13.6. The van der Waals surface area contributed by atoms with Gasteiger partial charge >= 0.3 is 5.97 Å². The van der Waals surface area contributed by atoms with Crippen LogP contribution in [0.3, 0.4) is 0 Å². The number of carbonyl (C=O) groups is 1. The van der Waals surface area contributed by atoms with Crippen LogP contribution in [0.2, 0.25) is 0 Å². The van der Waals surface area contributed by atoms with E-state index in [1.807, 2.05) is 6.07 Å². The molecule has 0 bridgehead atoms. The van der Waals surface area contributed by atoms with Crippen LogP contribution in [0.25, 0.3) is 0 Å². The van der Waals surface area contributed by atoms with E-state index in [1.165, 1.54) is 23.5 Å². The van der Waals surface area contributed by atoms with Crippen LogP contribution in [0.4, 0.5) is 4.39 Å². The minimum absolute atomic E-state index is 0.0902. The zero-order valence-corrected chi connectivity index (χ0v) is 14.4. The lowest BCUT2D eigenvalue weighted by Crippen LogP contribution is -2.21. The second kappa shape index (κ2) is 6.57. The molecule has 2 aromatic rings. The van der Waals surface area contributed by atoms with Gasteiger partial charge in [-0.3, -0.25) is 0 Å². The van der Waals surface area contributed by atoms with Crippen LogP contribution in [0, 0.1) is 24.1 Å². The Labute approximate surface area is 148 Å². The number of nitrogens with zero attached hydrogens (tertiary/aromatic N) is 1. The highest BCUT2D eigenvalue weighted by atomic mass is 32.1. The number of benzene rings is 1. The lowest BCUT2D eigenvalue weighted by Gasteiger charge is -2.24. The summed E-state index contributed by atoms with van der Waals surface area (Å²) >= 11 is 1.31. The molecule has 0 spiro atoms. The fraction of sp³-hybridized carbons (Fsp3) is 0.222. The highest BCUT2D eigenvalue weighted by Crippen LogP contribution is 2.49. The first kappa shape index (κ1) is 17.0. The van der Waals surface area contributed by atoms with Crippen molar-refractivity contribution in [2.45, 2.75) is 19.8 Å². The minimum Gasteiger partial charge on any atom is -0.462 e. The van der Waals surface area contributed by atoms with Crippen LogP contribution in [0.15, 0.2) is 35.7 Å². The molecule has 7 heteroatoms. The fourth-order valence-electron chi connectivity index (χ4n) is 2.84. The predicted octanol–water partition coefficient (Wildman–Crippen LogP) is 3.59. The van der Waals surface area contributed by atoms with Gasteiger partial charge in [0.05, 0.1) is 17.4 Å². The number of nitriles is 1. The van der Waals surface area contributed by atoms with Gasteiger partial charge in [0.25, 0.3) is 0 Å². The van der Waals surface area contributed by atoms with Gasteiger partial charge in [-0.05, 0) is 31.5 Å². The Morgan fingerprint density at radius 3 is 2.92 bits per heavy atom. The second-order valence-corrected chi connectivity index (χ2v) is 6.68. The number of halogens is 1. The Bertz CT molecular complexity index is 927. The van der Waals surface area contributed by atoms with Crippen LogP contribution in [-0.4, -0.2) is 12.6 Å². The number of hydrogen-bond donors (Lipinski definition) is 1. The highest BCUT2D eigenvalue weighted by Gasteiger charge is 2.37. The number of aryl methyl sites for hydroxylation is 1. The summed E-state index contributed by atoms with van der Waals surface area (Å²) in [5, 5.41) is 9.51. The topological polar surface area (TPSA) is 85.3 Å². The summed E-state index contributed by atoms with van der Waals surface area (Å²) < 4.78 is 24.4. The molecule has 0 saturated carbocycles. The van der Waals surface area contributed by atoms with Crippen molar-refractivity contribution in [2.75, 3.05) is 6.61 Å². The Hall–Kier alpha value is -2.85. The number of ether oxygens (including phenoxy) is 2. The van der Waals surface area contributed by atoms with Crippen molar-refractivity contribution in [3.8, 4) is 11.8 Å². The minimum atomic E-state index is -0.587. The summed E-state index contributed by atoms with van der Waals surface area (Å²) in [6.07, 6.45) is 0. The van der Waals surface area contributed by atoms with E-state index < -0.39 is 17.7 Å². The monoisotopic (exact) mass is 358 g/mol. The van der Waals surface area contributed by atoms with Crippen molar-refractivity contribution in [1.29, 1.82) is 5.26 Å². The summed E-state index contributed by atoms with van der Waals surface area (Å²) in [5.41, 5.74) is 6.97. The van der Waals surface area contributed by atoms with Crippen molar-refractivity contribution >= 4 is 17.3 Å². The molecule has 25 heavy (non-hydrogen) atoms. The maximum atomic E-state index is 13.7. The third-order valence-corrected chi connectivity index (χ3v) is 5.03. The Morgan fingerprint density at radius 2 is 2.28 bits per heavy atom. The van der Waals surface area contributed by atoms with E-state index >= 15 is 0 Å². The highest BCUT2D eigenvalue weighted by molar-refractivity contribution is 7.12. The van der Waals surface area contributed by atoms with Crippen molar-refractivity contribution in [2.24, 2.45) is 5.73 Å². The number of esters is 1. The molecule has 1 atom stereocenters. The summed E-state index contributed by atoms with van der Waals surface area (Å²) in [7, 11) is 0. The summed E-state index contributed by atoms with van der Waals surface area (Å²) in [5.74, 6) is -1.32. The molecule has 2 heterocycles. The molecule has 1 aromatic heterocycles. The molecule has 0 aliphatic carbocycles. The van der Waals surface area contributed by atoms with E-state index in [1.54, 1.807) is 26.0 Å². The SMILES string of the molecule is CCOC(=O)c1c(C)sc2c1OC(N)=C(C#N)[C@@H]2c1cccc(F)c1. The van der Waals surface area contributed by atoms with Gasteiger partial charge in [0, 0.05) is 4.88 Å². The quantitative estimate of drug-likeness (QED) is 0.848. The molecular formula is C18H15FN2O3S. The van der Waals surface area contributed by atoms with Gasteiger partial charge in [-0.25, -0.2) is 9.18 Å². The number of carbonyl (C=O) groups excluding carboxylic acids is 1.